The molecule has 90 valence electrons. The Labute approximate surface area is 92.3 Å². The van der Waals surface area contributed by atoms with Crippen LogP contribution in [0.15, 0.2) is 18.2 Å². The lowest BCUT2D eigenvalue weighted by molar-refractivity contribution is 0.0100. The van der Waals surface area contributed by atoms with Crippen LogP contribution >= 0.6 is 0 Å². The van der Waals surface area contributed by atoms with Crippen molar-refractivity contribution in [2.75, 3.05) is 0 Å². The predicted octanol–water partition coefficient (Wildman–Crippen LogP) is 4.47. The Bertz CT molecular complexity index is 372. The molecule has 0 nitrogen and oxygen atoms in total. The van der Waals surface area contributed by atoms with Crippen molar-refractivity contribution in [1.82, 2.24) is 0 Å². The maximum atomic E-state index is 13.2. The molecule has 0 aliphatic rings. The summed E-state index contributed by atoms with van der Waals surface area (Å²) in [6, 6.07) is 3.45. The molecule has 0 bridgehead atoms. The van der Waals surface area contributed by atoms with Gasteiger partial charge in [0.1, 0.15) is 0 Å². The topological polar surface area (TPSA) is 0 Å². The maximum absolute atomic E-state index is 13.2. The lowest BCUT2D eigenvalue weighted by Crippen LogP contribution is -2.14. The van der Waals surface area contributed by atoms with Gasteiger partial charge in [0.05, 0.1) is 0 Å². The molecule has 0 aromatic heterocycles. The van der Waals surface area contributed by atoms with E-state index in [1.54, 1.807) is 6.92 Å². The van der Waals surface area contributed by atoms with Gasteiger partial charge >= 0.3 is 0 Å². The van der Waals surface area contributed by atoms with Crippen LogP contribution in [0.25, 0.3) is 0 Å². The zero-order valence-electron chi connectivity index (χ0n) is 9.45. The Morgan fingerprint density at radius 1 is 1.00 bits per heavy atom. The summed E-state index contributed by atoms with van der Waals surface area (Å²) in [6.45, 7) is 3.14. The predicted molar refractivity (Wildman–Crippen MR) is 55.0 cm³/mol. The van der Waals surface area contributed by atoms with Crippen molar-refractivity contribution < 1.29 is 17.6 Å². The van der Waals surface area contributed by atoms with E-state index >= 15 is 0 Å². The van der Waals surface area contributed by atoms with Crippen LogP contribution in [-0.2, 0) is 18.3 Å². The first kappa shape index (κ1) is 13.0. The summed E-state index contributed by atoms with van der Waals surface area (Å²) < 4.78 is 52.5. The quantitative estimate of drug-likeness (QED) is 0.677. The number of hydrogen-bond acceptors (Lipinski definition) is 0. The normalized spacial score (nSPS) is 12.9. The second-order valence-corrected chi connectivity index (χ2v) is 4.00. The Morgan fingerprint density at radius 2 is 1.56 bits per heavy atom. The van der Waals surface area contributed by atoms with Gasteiger partial charge in [0, 0.05) is 25.0 Å². The van der Waals surface area contributed by atoms with Gasteiger partial charge in [-0.05, 0) is 18.1 Å². The van der Waals surface area contributed by atoms with E-state index in [0.717, 1.165) is 13.0 Å². The lowest BCUT2D eigenvalue weighted by Gasteiger charge is -2.18. The van der Waals surface area contributed by atoms with Gasteiger partial charge in [-0.2, -0.15) is 0 Å². The molecule has 1 rings (SSSR count). The first-order chi connectivity index (χ1) is 7.16. The van der Waals surface area contributed by atoms with E-state index in [2.05, 4.69) is 0 Å². The van der Waals surface area contributed by atoms with Crippen molar-refractivity contribution in [2.45, 2.75) is 39.0 Å². The Kier molecular flexibility index (Phi) is 3.31. The van der Waals surface area contributed by atoms with Crippen molar-refractivity contribution in [3.05, 3.63) is 34.9 Å². The zero-order valence-corrected chi connectivity index (χ0v) is 9.45. The molecule has 0 amide bonds. The molecule has 0 atom stereocenters. The van der Waals surface area contributed by atoms with Crippen LogP contribution in [-0.4, -0.2) is 0 Å². The number of benzene rings is 1. The van der Waals surface area contributed by atoms with E-state index in [0.29, 0.717) is 18.9 Å². The van der Waals surface area contributed by atoms with Crippen LogP contribution in [0.4, 0.5) is 17.6 Å². The van der Waals surface area contributed by atoms with Crippen LogP contribution < -0.4 is 0 Å². The summed E-state index contributed by atoms with van der Waals surface area (Å²) in [5.74, 6) is -6.18. The fraction of sp³-hybridized carbons (Fsp3) is 0.500. The number of alkyl halides is 4. The van der Waals surface area contributed by atoms with Crippen molar-refractivity contribution in [3.8, 4) is 0 Å². The number of hydrogen-bond donors (Lipinski definition) is 0. The van der Waals surface area contributed by atoms with Crippen molar-refractivity contribution in [2.24, 2.45) is 0 Å². The molecule has 0 saturated carbocycles. The summed E-state index contributed by atoms with van der Waals surface area (Å²) in [5.41, 5.74) is -0.282. The molecule has 4 heteroatoms. The minimum absolute atomic E-state index is 0.311. The summed E-state index contributed by atoms with van der Waals surface area (Å²) in [6.07, 6.45) is 0.397. The number of halogens is 4. The van der Waals surface area contributed by atoms with Crippen LogP contribution in [0.1, 0.15) is 37.5 Å². The first-order valence-corrected chi connectivity index (χ1v) is 5.05. The molecule has 0 saturated heterocycles. The standard InChI is InChI=1S/C12H14F4/c1-4-8-5-6-9(11(2,13)14)7-10(8)12(3,15)16/h5-7H,4H2,1-3H3. The van der Waals surface area contributed by atoms with Gasteiger partial charge in [-0.15, -0.1) is 0 Å². The molecule has 0 unspecified atom stereocenters. The minimum atomic E-state index is -3.09. The van der Waals surface area contributed by atoms with Crippen LogP contribution in [0.5, 0.6) is 0 Å². The van der Waals surface area contributed by atoms with E-state index in [4.69, 9.17) is 0 Å². The third-order valence-electron chi connectivity index (χ3n) is 2.47. The fourth-order valence-electron chi connectivity index (χ4n) is 1.57. The largest absolute Gasteiger partial charge is 0.270 e. The maximum Gasteiger partial charge on any atom is 0.270 e. The second-order valence-electron chi connectivity index (χ2n) is 4.00. The van der Waals surface area contributed by atoms with Gasteiger partial charge in [-0.1, -0.05) is 19.1 Å². The molecule has 0 fully saturated rings. The molecule has 1 aromatic carbocycles. The minimum Gasteiger partial charge on any atom is -0.202 e. The van der Waals surface area contributed by atoms with Crippen molar-refractivity contribution in [1.29, 1.82) is 0 Å². The Morgan fingerprint density at radius 3 is 1.94 bits per heavy atom. The summed E-state index contributed by atoms with van der Waals surface area (Å²) in [4.78, 5) is 0. The molecular formula is C12H14F4. The highest BCUT2D eigenvalue weighted by atomic mass is 19.3. The van der Waals surface area contributed by atoms with Gasteiger partial charge < -0.3 is 0 Å². The van der Waals surface area contributed by atoms with Crippen LogP contribution in [0.2, 0.25) is 0 Å². The monoisotopic (exact) mass is 234 g/mol. The summed E-state index contributed by atoms with van der Waals surface area (Å²) in [7, 11) is 0. The Balaban J connectivity index is 3.34. The zero-order chi connectivity index (χ0) is 12.6. The molecular weight excluding hydrogens is 220 g/mol. The second kappa shape index (κ2) is 4.07. The molecule has 0 aliphatic heterocycles. The molecule has 0 spiro atoms. The smallest absolute Gasteiger partial charge is 0.202 e. The lowest BCUT2D eigenvalue weighted by atomic mass is 9.96. The average Bonchev–Trinajstić information content (AvgIpc) is 2.14. The highest BCUT2D eigenvalue weighted by molar-refractivity contribution is 5.36. The fourth-order valence-corrected chi connectivity index (χ4v) is 1.57. The van der Waals surface area contributed by atoms with E-state index in [1.807, 2.05) is 0 Å². The van der Waals surface area contributed by atoms with E-state index in [9.17, 15) is 17.6 Å². The van der Waals surface area contributed by atoms with Gasteiger partial charge in [-0.25, -0.2) is 17.6 Å². The molecule has 0 aliphatic carbocycles. The molecule has 0 N–H and O–H groups in total. The van der Waals surface area contributed by atoms with E-state index < -0.39 is 11.8 Å². The van der Waals surface area contributed by atoms with Crippen LogP contribution in [0, 0.1) is 0 Å². The van der Waals surface area contributed by atoms with E-state index in [-0.39, 0.29) is 11.1 Å². The van der Waals surface area contributed by atoms with Gasteiger partial charge in [-0.3, -0.25) is 0 Å². The van der Waals surface area contributed by atoms with Crippen LogP contribution in [0.3, 0.4) is 0 Å². The summed E-state index contributed by atoms with van der Waals surface area (Å²) >= 11 is 0. The number of rotatable bonds is 3. The van der Waals surface area contributed by atoms with Gasteiger partial charge in [0.25, 0.3) is 11.8 Å². The summed E-state index contributed by atoms with van der Waals surface area (Å²) in [5, 5.41) is 0. The van der Waals surface area contributed by atoms with Crippen molar-refractivity contribution in [3.63, 3.8) is 0 Å². The third kappa shape index (κ3) is 2.74. The molecule has 16 heavy (non-hydrogen) atoms. The van der Waals surface area contributed by atoms with Gasteiger partial charge in [0.2, 0.25) is 0 Å². The SMILES string of the molecule is CCc1ccc(C(C)(F)F)cc1C(C)(F)F. The average molecular weight is 234 g/mol. The first-order valence-electron chi connectivity index (χ1n) is 5.05. The van der Waals surface area contributed by atoms with Gasteiger partial charge in [0.15, 0.2) is 0 Å². The highest BCUT2D eigenvalue weighted by Crippen LogP contribution is 2.35. The molecule has 1 aromatic rings. The Hall–Kier alpha value is -1.06. The van der Waals surface area contributed by atoms with E-state index in [1.165, 1.54) is 12.1 Å². The molecule has 0 heterocycles. The highest BCUT2D eigenvalue weighted by Gasteiger charge is 2.31. The third-order valence-corrected chi connectivity index (χ3v) is 2.47. The van der Waals surface area contributed by atoms with Crippen molar-refractivity contribution >= 4 is 0 Å². The number of aryl methyl sites for hydroxylation is 1. The molecule has 0 radical (unpaired) electrons.